The number of hydrogen-bond acceptors (Lipinski definition) is 2. The third kappa shape index (κ3) is 3.30. The standard InChI is InChI=1S/C14H19NO2/c1-10-7-13(10)14(16)15-8-11-3-5-12(6-4-11)9-17-2/h3-6,10,13H,7-9H2,1-2H3,(H,15,16). The summed E-state index contributed by atoms with van der Waals surface area (Å²) < 4.78 is 5.05. The maximum absolute atomic E-state index is 11.6. The van der Waals surface area contributed by atoms with E-state index in [4.69, 9.17) is 4.74 Å². The number of carbonyl (C=O) groups is 1. The highest BCUT2D eigenvalue weighted by Gasteiger charge is 2.38. The fraction of sp³-hybridized carbons (Fsp3) is 0.500. The third-order valence-corrected chi connectivity index (χ3v) is 3.25. The van der Waals surface area contributed by atoms with Gasteiger partial charge in [-0.25, -0.2) is 0 Å². The topological polar surface area (TPSA) is 38.3 Å². The Morgan fingerprint density at radius 2 is 1.94 bits per heavy atom. The summed E-state index contributed by atoms with van der Waals surface area (Å²) in [5.41, 5.74) is 2.28. The van der Waals surface area contributed by atoms with E-state index in [0.717, 1.165) is 17.5 Å². The van der Waals surface area contributed by atoms with Crippen molar-refractivity contribution in [2.24, 2.45) is 11.8 Å². The molecule has 2 atom stereocenters. The molecule has 0 heterocycles. The largest absolute Gasteiger partial charge is 0.380 e. The van der Waals surface area contributed by atoms with E-state index in [2.05, 4.69) is 12.2 Å². The van der Waals surface area contributed by atoms with Crippen molar-refractivity contribution in [2.75, 3.05) is 7.11 Å². The van der Waals surface area contributed by atoms with Crippen molar-refractivity contribution >= 4 is 5.91 Å². The first kappa shape index (κ1) is 12.1. The summed E-state index contributed by atoms with van der Waals surface area (Å²) in [6, 6.07) is 8.13. The van der Waals surface area contributed by atoms with Gasteiger partial charge in [0, 0.05) is 19.6 Å². The Bertz CT molecular complexity index is 386. The van der Waals surface area contributed by atoms with E-state index < -0.39 is 0 Å². The molecule has 0 radical (unpaired) electrons. The molecule has 1 aliphatic rings. The first-order valence-electron chi connectivity index (χ1n) is 6.05. The molecule has 92 valence electrons. The lowest BCUT2D eigenvalue weighted by Gasteiger charge is -2.06. The van der Waals surface area contributed by atoms with Gasteiger partial charge >= 0.3 is 0 Å². The van der Waals surface area contributed by atoms with Crippen LogP contribution >= 0.6 is 0 Å². The number of rotatable bonds is 5. The molecule has 0 spiro atoms. The summed E-state index contributed by atoms with van der Waals surface area (Å²) in [7, 11) is 1.69. The van der Waals surface area contributed by atoms with Crippen LogP contribution in [-0.2, 0) is 22.7 Å². The molecule has 3 nitrogen and oxygen atoms in total. The fourth-order valence-electron chi connectivity index (χ4n) is 1.93. The fourth-order valence-corrected chi connectivity index (χ4v) is 1.93. The second-order valence-electron chi connectivity index (χ2n) is 4.79. The Morgan fingerprint density at radius 1 is 1.35 bits per heavy atom. The van der Waals surface area contributed by atoms with Crippen LogP contribution in [0.5, 0.6) is 0 Å². The summed E-state index contributed by atoms with van der Waals surface area (Å²) in [5.74, 6) is 1.01. The zero-order valence-corrected chi connectivity index (χ0v) is 10.4. The zero-order chi connectivity index (χ0) is 12.3. The summed E-state index contributed by atoms with van der Waals surface area (Å²) in [6.45, 7) is 3.37. The van der Waals surface area contributed by atoms with Gasteiger partial charge in [0.15, 0.2) is 0 Å². The van der Waals surface area contributed by atoms with Crippen LogP contribution in [0.4, 0.5) is 0 Å². The highest BCUT2D eigenvalue weighted by molar-refractivity contribution is 5.81. The first-order chi connectivity index (χ1) is 8.20. The Balaban J connectivity index is 1.80. The SMILES string of the molecule is COCc1ccc(CNC(=O)C2CC2C)cc1. The molecule has 1 saturated carbocycles. The average Bonchev–Trinajstić information content (AvgIpc) is 3.06. The number of benzene rings is 1. The van der Waals surface area contributed by atoms with E-state index >= 15 is 0 Å². The van der Waals surface area contributed by atoms with Gasteiger partial charge in [-0.3, -0.25) is 4.79 Å². The minimum atomic E-state index is 0.193. The summed E-state index contributed by atoms with van der Waals surface area (Å²) >= 11 is 0. The highest BCUT2D eigenvalue weighted by Crippen LogP contribution is 2.37. The minimum absolute atomic E-state index is 0.193. The number of nitrogens with one attached hydrogen (secondary N) is 1. The molecule has 0 bridgehead atoms. The predicted molar refractivity (Wildman–Crippen MR) is 66.3 cm³/mol. The molecule has 1 fully saturated rings. The molecule has 2 unspecified atom stereocenters. The van der Waals surface area contributed by atoms with Crippen molar-refractivity contribution in [3.05, 3.63) is 35.4 Å². The number of carbonyl (C=O) groups excluding carboxylic acids is 1. The van der Waals surface area contributed by atoms with Crippen LogP contribution < -0.4 is 5.32 Å². The minimum Gasteiger partial charge on any atom is -0.380 e. The van der Waals surface area contributed by atoms with Crippen molar-refractivity contribution in [1.82, 2.24) is 5.32 Å². The van der Waals surface area contributed by atoms with Crippen LogP contribution in [0.3, 0.4) is 0 Å². The number of methoxy groups -OCH3 is 1. The van der Waals surface area contributed by atoms with Gasteiger partial charge in [-0.1, -0.05) is 31.2 Å². The van der Waals surface area contributed by atoms with E-state index in [9.17, 15) is 4.79 Å². The second kappa shape index (κ2) is 5.32. The normalized spacial score (nSPS) is 22.2. The molecule has 1 aromatic rings. The lowest BCUT2D eigenvalue weighted by Crippen LogP contribution is -2.24. The van der Waals surface area contributed by atoms with Gasteiger partial charge in [-0.15, -0.1) is 0 Å². The van der Waals surface area contributed by atoms with Crippen molar-refractivity contribution in [2.45, 2.75) is 26.5 Å². The molecule has 1 N–H and O–H groups in total. The molecular weight excluding hydrogens is 214 g/mol. The smallest absolute Gasteiger partial charge is 0.223 e. The molecule has 2 rings (SSSR count). The van der Waals surface area contributed by atoms with Gasteiger partial charge in [0.1, 0.15) is 0 Å². The Hall–Kier alpha value is -1.35. The molecule has 0 aliphatic heterocycles. The van der Waals surface area contributed by atoms with Gasteiger partial charge in [0.25, 0.3) is 0 Å². The van der Waals surface area contributed by atoms with Crippen molar-refractivity contribution in [3.8, 4) is 0 Å². The first-order valence-corrected chi connectivity index (χ1v) is 6.05. The maximum Gasteiger partial charge on any atom is 0.223 e. The number of hydrogen-bond donors (Lipinski definition) is 1. The summed E-state index contributed by atoms with van der Waals surface area (Å²) in [4.78, 5) is 11.6. The molecule has 1 aromatic carbocycles. The molecule has 0 aromatic heterocycles. The predicted octanol–water partition coefficient (Wildman–Crippen LogP) is 2.11. The second-order valence-corrected chi connectivity index (χ2v) is 4.79. The van der Waals surface area contributed by atoms with Crippen LogP contribution in [-0.4, -0.2) is 13.0 Å². The Labute approximate surface area is 102 Å². The summed E-state index contributed by atoms with van der Waals surface area (Å²) in [6.07, 6.45) is 1.04. The zero-order valence-electron chi connectivity index (χ0n) is 10.4. The van der Waals surface area contributed by atoms with E-state index in [-0.39, 0.29) is 11.8 Å². The third-order valence-electron chi connectivity index (χ3n) is 3.25. The number of amides is 1. The summed E-state index contributed by atoms with van der Waals surface area (Å²) in [5, 5.41) is 2.97. The van der Waals surface area contributed by atoms with Crippen molar-refractivity contribution in [1.29, 1.82) is 0 Å². The maximum atomic E-state index is 11.6. The van der Waals surface area contributed by atoms with Gasteiger partial charge in [-0.05, 0) is 23.5 Å². The lowest BCUT2D eigenvalue weighted by atomic mass is 10.1. The molecule has 3 heteroatoms. The molecule has 1 amide bonds. The average molecular weight is 233 g/mol. The van der Waals surface area contributed by atoms with Gasteiger partial charge in [-0.2, -0.15) is 0 Å². The molecular formula is C14H19NO2. The monoisotopic (exact) mass is 233 g/mol. The van der Waals surface area contributed by atoms with E-state index in [1.807, 2.05) is 24.3 Å². The van der Waals surface area contributed by atoms with Crippen molar-refractivity contribution in [3.63, 3.8) is 0 Å². The quantitative estimate of drug-likeness (QED) is 0.846. The van der Waals surface area contributed by atoms with Crippen LogP contribution in [0.15, 0.2) is 24.3 Å². The number of ether oxygens (including phenoxy) is 1. The van der Waals surface area contributed by atoms with Crippen LogP contribution in [0.25, 0.3) is 0 Å². The highest BCUT2D eigenvalue weighted by atomic mass is 16.5. The van der Waals surface area contributed by atoms with E-state index in [1.165, 1.54) is 0 Å². The van der Waals surface area contributed by atoms with Gasteiger partial charge < -0.3 is 10.1 Å². The van der Waals surface area contributed by atoms with E-state index in [0.29, 0.717) is 19.1 Å². The molecule has 0 saturated heterocycles. The van der Waals surface area contributed by atoms with Crippen molar-refractivity contribution < 1.29 is 9.53 Å². The Morgan fingerprint density at radius 3 is 2.47 bits per heavy atom. The van der Waals surface area contributed by atoms with Gasteiger partial charge in [0.05, 0.1) is 6.61 Å². The molecule has 17 heavy (non-hydrogen) atoms. The van der Waals surface area contributed by atoms with Gasteiger partial charge in [0.2, 0.25) is 5.91 Å². The van der Waals surface area contributed by atoms with Crippen LogP contribution in [0.2, 0.25) is 0 Å². The van der Waals surface area contributed by atoms with Crippen LogP contribution in [0.1, 0.15) is 24.5 Å². The lowest BCUT2D eigenvalue weighted by molar-refractivity contribution is -0.122. The molecule has 1 aliphatic carbocycles. The van der Waals surface area contributed by atoms with Crippen LogP contribution in [0, 0.1) is 11.8 Å². The van der Waals surface area contributed by atoms with E-state index in [1.54, 1.807) is 7.11 Å². The Kier molecular flexibility index (Phi) is 3.79.